The molecule has 2 rings (SSSR count). The number of benzene rings is 1. The lowest BCUT2D eigenvalue weighted by Crippen LogP contribution is -2.37. The summed E-state index contributed by atoms with van der Waals surface area (Å²) in [6, 6.07) is 9.21. The number of hydrogen-bond acceptors (Lipinski definition) is 3. The van der Waals surface area contributed by atoms with Crippen molar-refractivity contribution in [3.8, 4) is 0 Å². The van der Waals surface area contributed by atoms with Crippen LogP contribution in [0, 0.1) is 12.8 Å². The van der Waals surface area contributed by atoms with E-state index in [9.17, 15) is 0 Å². The standard InChI is InChI=1S/C22H38N2O/c1-18-7-9-19(10-8-18)21(11-14-23-13-6-15-24(4)5)20-12-16-25-22(2,3)17-20/h7-10,20-21,23H,6,11-17H2,1-5H3/t20-,21-/m1/s1. The van der Waals surface area contributed by atoms with Crippen molar-refractivity contribution in [1.82, 2.24) is 10.2 Å². The van der Waals surface area contributed by atoms with Gasteiger partial charge in [0, 0.05) is 6.61 Å². The van der Waals surface area contributed by atoms with Crippen LogP contribution in [-0.2, 0) is 4.74 Å². The van der Waals surface area contributed by atoms with Gasteiger partial charge in [-0.1, -0.05) is 29.8 Å². The third-order valence-electron chi connectivity index (χ3n) is 5.40. The number of hydrogen-bond donors (Lipinski definition) is 1. The number of nitrogens with one attached hydrogen (secondary N) is 1. The highest BCUT2D eigenvalue weighted by Crippen LogP contribution is 2.39. The van der Waals surface area contributed by atoms with Crippen LogP contribution < -0.4 is 5.32 Å². The van der Waals surface area contributed by atoms with E-state index in [0.29, 0.717) is 5.92 Å². The Hall–Kier alpha value is -0.900. The third kappa shape index (κ3) is 7.08. The van der Waals surface area contributed by atoms with Gasteiger partial charge in [-0.25, -0.2) is 0 Å². The molecule has 142 valence electrons. The smallest absolute Gasteiger partial charge is 0.0629 e. The second-order valence-electron chi connectivity index (χ2n) is 8.57. The summed E-state index contributed by atoms with van der Waals surface area (Å²) in [6.07, 6.45) is 4.77. The molecule has 1 aromatic carbocycles. The monoisotopic (exact) mass is 346 g/mol. The summed E-state index contributed by atoms with van der Waals surface area (Å²) < 4.78 is 5.96. The average Bonchev–Trinajstić information content (AvgIpc) is 2.54. The van der Waals surface area contributed by atoms with Gasteiger partial charge in [-0.15, -0.1) is 0 Å². The summed E-state index contributed by atoms with van der Waals surface area (Å²) in [5.74, 6) is 1.35. The molecular weight excluding hydrogens is 308 g/mol. The third-order valence-corrected chi connectivity index (χ3v) is 5.40. The maximum Gasteiger partial charge on any atom is 0.0629 e. The zero-order valence-corrected chi connectivity index (χ0v) is 17.0. The molecule has 0 unspecified atom stereocenters. The Labute approximate surface area is 155 Å². The van der Waals surface area contributed by atoms with Crippen molar-refractivity contribution in [2.45, 2.75) is 58.0 Å². The predicted molar refractivity (Wildman–Crippen MR) is 107 cm³/mol. The molecule has 25 heavy (non-hydrogen) atoms. The van der Waals surface area contributed by atoms with Gasteiger partial charge in [-0.3, -0.25) is 0 Å². The van der Waals surface area contributed by atoms with E-state index in [1.54, 1.807) is 0 Å². The second kappa shape index (κ2) is 9.70. The summed E-state index contributed by atoms with van der Waals surface area (Å²) in [7, 11) is 4.28. The van der Waals surface area contributed by atoms with Gasteiger partial charge in [0.05, 0.1) is 5.60 Å². The Morgan fingerprint density at radius 1 is 1.20 bits per heavy atom. The zero-order chi connectivity index (χ0) is 18.3. The molecule has 1 N–H and O–H groups in total. The van der Waals surface area contributed by atoms with E-state index < -0.39 is 0 Å². The molecule has 0 radical (unpaired) electrons. The SMILES string of the molecule is Cc1ccc([C@@H](CCNCCCN(C)C)[C@@H]2CCOC(C)(C)C2)cc1. The molecule has 1 heterocycles. The lowest BCUT2D eigenvalue weighted by molar-refractivity contribution is -0.0771. The molecule has 1 fully saturated rings. The van der Waals surface area contributed by atoms with Gasteiger partial charge in [-0.05, 0) is 97.6 Å². The molecule has 0 amide bonds. The molecule has 1 saturated heterocycles. The van der Waals surface area contributed by atoms with Crippen LogP contribution in [0.25, 0.3) is 0 Å². The molecule has 1 aliphatic heterocycles. The predicted octanol–water partition coefficient (Wildman–Crippen LogP) is 4.22. The molecule has 3 heteroatoms. The lowest BCUT2D eigenvalue weighted by atomic mass is 9.75. The first-order valence-corrected chi connectivity index (χ1v) is 9.93. The van der Waals surface area contributed by atoms with Crippen molar-refractivity contribution in [1.29, 1.82) is 0 Å². The highest BCUT2D eigenvalue weighted by atomic mass is 16.5. The maximum absolute atomic E-state index is 5.96. The topological polar surface area (TPSA) is 24.5 Å². The van der Waals surface area contributed by atoms with Crippen LogP contribution >= 0.6 is 0 Å². The Kier molecular flexibility index (Phi) is 7.92. The van der Waals surface area contributed by atoms with Crippen molar-refractivity contribution in [2.24, 2.45) is 5.92 Å². The van der Waals surface area contributed by atoms with Crippen LogP contribution in [0.15, 0.2) is 24.3 Å². The molecule has 1 aromatic rings. The molecule has 3 nitrogen and oxygen atoms in total. The first-order chi connectivity index (χ1) is 11.9. The van der Waals surface area contributed by atoms with E-state index in [4.69, 9.17) is 4.74 Å². The van der Waals surface area contributed by atoms with Crippen LogP contribution in [0.3, 0.4) is 0 Å². The minimum Gasteiger partial charge on any atom is -0.376 e. The van der Waals surface area contributed by atoms with Crippen molar-refractivity contribution < 1.29 is 4.74 Å². The molecule has 1 aliphatic rings. The molecule has 0 spiro atoms. The van der Waals surface area contributed by atoms with Gasteiger partial charge < -0.3 is 15.0 Å². The van der Waals surface area contributed by atoms with Crippen LogP contribution in [0.1, 0.15) is 56.6 Å². The largest absolute Gasteiger partial charge is 0.376 e. The summed E-state index contributed by atoms with van der Waals surface area (Å²) in [5.41, 5.74) is 2.87. The van der Waals surface area contributed by atoms with Crippen LogP contribution in [0.2, 0.25) is 0 Å². The zero-order valence-electron chi connectivity index (χ0n) is 17.0. The fourth-order valence-corrected chi connectivity index (χ4v) is 4.01. The molecule has 0 aromatic heterocycles. The minimum atomic E-state index is 0.0189. The average molecular weight is 347 g/mol. The Balaban J connectivity index is 1.94. The molecular formula is C22H38N2O. The van der Waals surface area contributed by atoms with E-state index in [2.05, 4.69) is 69.3 Å². The van der Waals surface area contributed by atoms with E-state index in [0.717, 1.165) is 38.6 Å². The molecule has 0 saturated carbocycles. The number of nitrogens with zero attached hydrogens (tertiary/aromatic N) is 1. The van der Waals surface area contributed by atoms with E-state index >= 15 is 0 Å². The first-order valence-electron chi connectivity index (χ1n) is 9.93. The lowest BCUT2D eigenvalue weighted by Gasteiger charge is -2.39. The second-order valence-corrected chi connectivity index (χ2v) is 8.57. The highest BCUT2D eigenvalue weighted by Gasteiger charge is 2.33. The fraction of sp³-hybridized carbons (Fsp3) is 0.727. The Morgan fingerprint density at radius 3 is 2.56 bits per heavy atom. The van der Waals surface area contributed by atoms with E-state index in [1.807, 2.05) is 0 Å². The number of aryl methyl sites for hydroxylation is 1. The van der Waals surface area contributed by atoms with Crippen molar-refractivity contribution in [3.63, 3.8) is 0 Å². The molecule has 2 atom stereocenters. The minimum absolute atomic E-state index is 0.0189. The quantitative estimate of drug-likeness (QED) is 0.678. The van der Waals surface area contributed by atoms with Gasteiger partial charge >= 0.3 is 0 Å². The van der Waals surface area contributed by atoms with Crippen molar-refractivity contribution >= 4 is 0 Å². The molecule has 0 aliphatic carbocycles. The van der Waals surface area contributed by atoms with Crippen molar-refractivity contribution in [2.75, 3.05) is 40.3 Å². The van der Waals surface area contributed by atoms with Gasteiger partial charge in [0.1, 0.15) is 0 Å². The molecule has 0 bridgehead atoms. The van der Waals surface area contributed by atoms with Crippen LogP contribution in [0.5, 0.6) is 0 Å². The Bertz CT molecular complexity index is 495. The van der Waals surface area contributed by atoms with Crippen LogP contribution in [-0.4, -0.2) is 50.8 Å². The first kappa shape index (κ1) is 20.4. The van der Waals surface area contributed by atoms with E-state index in [-0.39, 0.29) is 5.60 Å². The summed E-state index contributed by atoms with van der Waals surface area (Å²) in [4.78, 5) is 2.25. The number of ether oxygens (including phenoxy) is 1. The summed E-state index contributed by atoms with van der Waals surface area (Å²) >= 11 is 0. The fourth-order valence-electron chi connectivity index (χ4n) is 4.01. The normalized spacial score (nSPS) is 21.4. The maximum atomic E-state index is 5.96. The van der Waals surface area contributed by atoms with Gasteiger partial charge in [-0.2, -0.15) is 0 Å². The summed E-state index contributed by atoms with van der Waals surface area (Å²) in [5, 5.41) is 3.65. The van der Waals surface area contributed by atoms with Gasteiger partial charge in [0.15, 0.2) is 0 Å². The Morgan fingerprint density at radius 2 is 1.92 bits per heavy atom. The highest BCUT2D eigenvalue weighted by molar-refractivity contribution is 5.25. The van der Waals surface area contributed by atoms with Crippen LogP contribution in [0.4, 0.5) is 0 Å². The van der Waals surface area contributed by atoms with E-state index in [1.165, 1.54) is 30.4 Å². The van der Waals surface area contributed by atoms with Crippen molar-refractivity contribution in [3.05, 3.63) is 35.4 Å². The van der Waals surface area contributed by atoms with Gasteiger partial charge in [0.2, 0.25) is 0 Å². The van der Waals surface area contributed by atoms with Gasteiger partial charge in [0.25, 0.3) is 0 Å². The number of rotatable bonds is 9. The summed E-state index contributed by atoms with van der Waals surface area (Å²) in [6.45, 7) is 10.9.